The van der Waals surface area contributed by atoms with E-state index in [0.29, 0.717) is 18.3 Å². The summed E-state index contributed by atoms with van der Waals surface area (Å²) in [6.07, 6.45) is 2.48. The number of likely N-dealkylation sites (tertiary alicyclic amines) is 1. The van der Waals surface area contributed by atoms with Gasteiger partial charge >= 0.3 is 0 Å². The number of aromatic nitrogens is 1. The van der Waals surface area contributed by atoms with Crippen LogP contribution in [0.2, 0.25) is 0 Å². The molecule has 1 unspecified atom stereocenters. The largest absolute Gasteiger partial charge is 0.349 e. The second-order valence-electron chi connectivity index (χ2n) is 4.73. The lowest BCUT2D eigenvalue weighted by Crippen LogP contribution is -2.41. The Hall–Kier alpha value is -1.62. The number of carbonyl (C=O) groups is 1. The standard InChI is InChI=1S/C13H19N3O2/c1-10(16-7-2-3-8-16)9-14-13(18)11-5-4-6-12(17)15-11/h4-6,10H,2-3,7-9H2,1H3,(H,14,18)(H,15,17). The van der Waals surface area contributed by atoms with Crippen molar-refractivity contribution < 1.29 is 4.79 Å². The van der Waals surface area contributed by atoms with Gasteiger partial charge in [0.15, 0.2) is 0 Å². The molecular formula is C13H19N3O2. The molecule has 1 saturated heterocycles. The van der Waals surface area contributed by atoms with E-state index in [1.165, 1.54) is 18.9 Å². The summed E-state index contributed by atoms with van der Waals surface area (Å²) >= 11 is 0. The number of amides is 1. The molecule has 0 saturated carbocycles. The van der Waals surface area contributed by atoms with E-state index < -0.39 is 0 Å². The zero-order valence-corrected chi connectivity index (χ0v) is 10.6. The molecular weight excluding hydrogens is 230 g/mol. The molecule has 0 radical (unpaired) electrons. The Balaban J connectivity index is 1.86. The molecule has 18 heavy (non-hydrogen) atoms. The molecule has 0 bridgehead atoms. The predicted octanol–water partition coefficient (Wildman–Crippen LogP) is 0.589. The van der Waals surface area contributed by atoms with Crippen molar-refractivity contribution in [1.29, 1.82) is 0 Å². The number of aromatic amines is 1. The highest BCUT2D eigenvalue weighted by Gasteiger charge is 2.18. The Bertz CT molecular complexity index is 463. The summed E-state index contributed by atoms with van der Waals surface area (Å²) in [5, 5.41) is 2.85. The summed E-state index contributed by atoms with van der Waals surface area (Å²) in [6.45, 7) is 4.94. The van der Waals surface area contributed by atoms with E-state index in [2.05, 4.69) is 22.1 Å². The van der Waals surface area contributed by atoms with Crippen molar-refractivity contribution in [2.75, 3.05) is 19.6 Å². The average molecular weight is 249 g/mol. The van der Waals surface area contributed by atoms with Crippen LogP contribution in [0, 0.1) is 0 Å². The van der Waals surface area contributed by atoms with Gasteiger partial charge in [0.05, 0.1) is 0 Å². The first-order chi connectivity index (χ1) is 8.66. The van der Waals surface area contributed by atoms with Gasteiger partial charge in [0, 0.05) is 18.7 Å². The number of nitrogens with zero attached hydrogens (tertiary/aromatic N) is 1. The predicted molar refractivity (Wildman–Crippen MR) is 69.7 cm³/mol. The minimum Gasteiger partial charge on any atom is -0.349 e. The third-order valence-electron chi connectivity index (χ3n) is 3.34. The van der Waals surface area contributed by atoms with Gasteiger partial charge in [-0.15, -0.1) is 0 Å². The molecule has 2 N–H and O–H groups in total. The van der Waals surface area contributed by atoms with E-state index in [0.717, 1.165) is 13.1 Å². The maximum atomic E-state index is 11.8. The lowest BCUT2D eigenvalue weighted by Gasteiger charge is -2.23. The first-order valence-electron chi connectivity index (χ1n) is 6.38. The molecule has 2 rings (SSSR count). The molecule has 1 fully saturated rings. The summed E-state index contributed by atoms with van der Waals surface area (Å²) < 4.78 is 0. The maximum Gasteiger partial charge on any atom is 0.267 e. The van der Waals surface area contributed by atoms with Crippen LogP contribution >= 0.6 is 0 Å². The smallest absolute Gasteiger partial charge is 0.267 e. The van der Waals surface area contributed by atoms with Crippen LogP contribution in [0.4, 0.5) is 0 Å². The fourth-order valence-electron chi connectivity index (χ4n) is 2.23. The topological polar surface area (TPSA) is 65.2 Å². The third kappa shape index (κ3) is 3.20. The van der Waals surface area contributed by atoms with Crippen LogP contribution < -0.4 is 10.9 Å². The number of nitrogens with one attached hydrogen (secondary N) is 2. The zero-order chi connectivity index (χ0) is 13.0. The summed E-state index contributed by atoms with van der Waals surface area (Å²) in [7, 11) is 0. The van der Waals surface area contributed by atoms with Crippen molar-refractivity contribution in [3.63, 3.8) is 0 Å². The lowest BCUT2D eigenvalue weighted by atomic mass is 10.2. The van der Waals surface area contributed by atoms with E-state index in [4.69, 9.17) is 0 Å². The number of pyridine rings is 1. The van der Waals surface area contributed by atoms with Crippen LogP contribution in [0.1, 0.15) is 30.3 Å². The van der Waals surface area contributed by atoms with Crippen LogP contribution in [-0.4, -0.2) is 41.5 Å². The Morgan fingerprint density at radius 1 is 1.44 bits per heavy atom. The maximum absolute atomic E-state index is 11.8. The number of hydrogen-bond acceptors (Lipinski definition) is 3. The summed E-state index contributed by atoms with van der Waals surface area (Å²) in [6, 6.07) is 4.92. The second kappa shape index (κ2) is 5.82. The van der Waals surface area contributed by atoms with Gasteiger partial charge in [-0.2, -0.15) is 0 Å². The Labute approximate surface area is 106 Å². The number of H-pyrrole nitrogens is 1. The second-order valence-corrected chi connectivity index (χ2v) is 4.73. The average Bonchev–Trinajstić information content (AvgIpc) is 2.89. The quantitative estimate of drug-likeness (QED) is 0.820. The molecule has 1 aromatic heterocycles. The van der Waals surface area contributed by atoms with Crippen molar-refractivity contribution in [3.05, 3.63) is 34.2 Å². The van der Waals surface area contributed by atoms with Crippen molar-refractivity contribution in [1.82, 2.24) is 15.2 Å². The highest BCUT2D eigenvalue weighted by molar-refractivity contribution is 5.92. The van der Waals surface area contributed by atoms with E-state index >= 15 is 0 Å². The van der Waals surface area contributed by atoms with Crippen molar-refractivity contribution in [3.8, 4) is 0 Å². The highest BCUT2D eigenvalue weighted by atomic mass is 16.2. The Morgan fingerprint density at radius 2 is 2.17 bits per heavy atom. The molecule has 0 aromatic carbocycles. The number of hydrogen-bond donors (Lipinski definition) is 2. The normalized spacial score (nSPS) is 17.6. The molecule has 1 atom stereocenters. The van der Waals surface area contributed by atoms with Gasteiger partial charge in [-0.05, 0) is 38.9 Å². The van der Waals surface area contributed by atoms with Gasteiger partial charge in [-0.3, -0.25) is 14.5 Å². The number of carbonyl (C=O) groups excluding carboxylic acids is 1. The van der Waals surface area contributed by atoms with Gasteiger partial charge < -0.3 is 10.3 Å². The highest BCUT2D eigenvalue weighted by Crippen LogP contribution is 2.10. The van der Waals surface area contributed by atoms with E-state index in [-0.39, 0.29) is 11.5 Å². The van der Waals surface area contributed by atoms with Crippen molar-refractivity contribution in [2.45, 2.75) is 25.8 Å². The van der Waals surface area contributed by atoms with E-state index in [1.807, 2.05) is 0 Å². The molecule has 1 aliphatic rings. The third-order valence-corrected chi connectivity index (χ3v) is 3.34. The lowest BCUT2D eigenvalue weighted by molar-refractivity contribution is 0.0935. The monoisotopic (exact) mass is 249 g/mol. The number of rotatable bonds is 4. The van der Waals surface area contributed by atoms with Gasteiger partial charge in [-0.1, -0.05) is 6.07 Å². The zero-order valence-electron chi connectivity index (χ0n) is 10.6. The van der Waals surface area contributed by atoms with Crippen LogP contribution in [0.3, 0.4) is 0 Å². The molecule has 0 spiro atoms. The molecule has 1 aromatic rings. The van der Waals surface area contributed by atoms with Gasteiger partial charge in [0.1, 0.15) is 5.69 Å². The van der Waals surface area contributed by atoms with Gasteiger partial charge in [0.25, 0.3) is 5.91 Å². The minimum absolute atomic E-state index is 0.223. The van der Waals surface area contributed by atoms with Crippen LogP contribution in [0.15, 0.2) is 23.0 Å². The molecule has 1 aliphatic heterocycles. The van der Waals surface area contributed by atoms with Crippen molar-refractivity contribution in [2.24, 2.45) is 0 Å². The summed E-state index contributed by atoms with van der Waals surface area (Å²) in [5.41, 5.74) is 0.0614. The summed E-state index contributed by atoms with van der Waals surface area (Å²) in [5.74, 6) is -0.223. The van der Waals surface area contributed by atoms with Crippen molar-refractivity contribution >= 4 is 5.91 Å². The molecule has 5 nitrogen and oxygen atoms in total. The van der Waals surface area contributed by atoms with Gasteiger partial charge in [0.2, 0.25) is 5.56 Å². The van der Waals surface area contributed by atoms with E-state index in [9.17, 15) is 9.59 Å². The molecule has 0 aliphatic carbocycles. The van der Waals surface area contributed by atoms with Crippen LogP contribution in [0.25, 0.3) is 0 Å². The van der Waals surface area contributed by atoms with Gasteiger partial charge in [-0.25, -0.2) is 0 Å². The fraction of sp³-hybridized carbons (Fsp3) is 0.538. The summed E-state index contributed by atoms with van der Waals surface area (Å²) in [4.78, 5) is 27.8. The molecule has 5 heteroatoms. The first kappa shape index (κ1) is 12.8. The van der Waals surface area contributed by atoms with Crippen LogP contribution in [-0.2, 0) is 0 Å². The molecule has 98 valence electrons. The van der Waals surface area contributed by atoms with E-state index in [1.54, 1.807) is 12.1 Å². The SMILES string of the molecule is CC(CNC(=O)c1cccc(=O)[nH]1)N1CCCC1. The first-order valence-corrected chi connectivity index (χ1v) is 6.38. The Morgan fingerprint density at radius 3 is 2.83 bits per heavy atom. The van der Waals surface area contributed by atoms with Crippen LogP contribution in [0.5, 0.6) is 0 Å². The molecule has 2 heterocycles. The molecule has 1 amide bonds. The minimum atomic E-state index is -0.254. The Kier molecular flexibility index (Phi) is 4.15. The fourth-order valence-corrected chi connectivity index (χ4v) is 2.23.